The number of hydrogen-bond acceptors (Lipinski definition) is 1. The van der Waals surface area contributed by atoms with E-state index in [-0.39, 0.29) is 0 Å². The highest BCUT2D eigenvalue weighted by Crippen LogP contribution is 2.14. The van der Waals surface area contributed by atoms with Gasteiger partial charge in [0.05, 0.1) is 0 Å². The van der Waals surface area contributed by atoms with Crippen LogP contribution in [0.3, 0.4) is 0 Å². The van der Waals surface area contributed by atoms with Gasteiger partial charge in [-0.05, 0) is 30.4 Å². The van der Waals surface area contributed by atoms with E-state index in [1.165, 1.54) is 16.9 Å². The summed E-state index contributed by atoms with van der Waals surface area (Å²) in [5.41, 5.74) is 1.50. The molecule has 1 aromatic rings. The van der Waals surface area contributed by atoms with Crippen molar-refractivity contribution in [2.45, 2.75) is 34.1 Å². The summed E-state index contributed by atoms with van der Waals surface area (Å²) in [7, 11) is 0. The zero-order valence-corrected chi connectivity index (χ0v) is 8.09. The first-order chi connectivity index (χ1) is 4.84. The van der Waals surface area contributed by atoms with Gasteiger partial charge in [0.1, 0.15) is 0 Å². The lowest BCUT2D eigenvalue weighted by Gasteiger charge is -1.87. The lowest BCUT2D eigenvalue weighted by Crippen LogP contribution is -1.74. The van der Waals surface area contributed by atoms with Gasteiger partial charge < -0.3 is 0 Å². The van der Waals surface area contributed by atoms with E-state index < -0.39 is 0 Å². The van der Waals surface area contributed by atoms with E-state index in [0.29, 0.717) is 0 Å². The van der Waals surface area contributed by atoms with E-state index >= 15 is 0 Å². The highest BCUT2D eigenvalue weighted by Gasteiger charge is 1.92. The molecule has 58 valence electrons. The lowest BCUT2D eigenvalue weighted by atomic mass is 10.2. The van der Waals surface area contributed by atoms with Crippen LogP contribution in [0.15, 0.2) is 11.4 Å². The molecule has 1 aromatic heterocycles. The van der Waals surface area contributed by atoms with E-state index in [1.807, 2.05) is 25.2 Å². The Morgan fingerprint density at radius 2 is 2.00 bits per heavy atom. The summed E-state index contributed by atoms with van der Waals surface area (Å²) < 4.78 is 0. The van der Waals surface area contributed by atoms with Gasteiger partial charge >= 0.3 is 0 Å². The Balaban J connectivity index is 0.000000371. The van der Waals surface area contributed by atoms with Crippen LogP contribution in [-0.4, -0.2) is 0 Å². The Hall–Kier alpha value is -0.300. The molecule has 0 saturated carbocycles. The predicted octanol–water partition coefficient (Wildman–Crippen LogP) is 3.65. The van der Waals surface area contributed by atoms with Gasteiger partial charge in [0.15, 0.2) is 0 Å². The molecule has 0 unspecified atom stereocenters. The molecular formula is C9H16S. The van der Waals surface area contributed by atoms with Gasteiger partial charge in [-0.2, -0.15) is 0 Å². The topological polar surface area (TPSA) is 0 Å². The monoisotopic (exact) mass is 156 g/mol. The predicted molar refractivity (Wildman–Crippen MR) is 49.8 cm³/mol. The van der Waals surface area contributed by atoms with Gasteiger partial charge in [0.25, 0.3) is 0 Å². The number of hydrogen-bond donors (Lipinski definition) is 0. The fourth-order valence-electron chi connectivity index (χ4n) is 0.778. The second-order valence-electron chi connectivity index (χ2n) is 1.86. The van der Waals surface area contributed by atoms with Crippen molar-refractivity contribution >= 4 is 11.3 Å². The number of aryl methyl sites for hydroxylation is 2. The third kappa shape index (κ3) is 2.53. The molecule has 10 heavy (non-hydrogen) atoms. The van der Waals surface area contributed by atoms with Crippen LogP contribution in [0.5, 0.6) is 0 Å². The maximum absolute atomic E-state index is 2.19. The molecule has 0 N–H and O–H groups in total. The molecule has 0 saturated heterocycles. The maximum atomic E-state index is 2.19. The summed E-state index contributed by atoms with van der Waals surface area (Å²) in [4.78, 5) is 1.47. The zero-order chi connectivity index (χ0) is 7.98. The summed E-state index contributed by atoms with van der Waals surface area (Å²) in [6.07, 6.45) is 1.18. The van der Waals surface area contributed by atoms with Crippen molar-refractivity contribution in [1.29, 1.82) is 0 Å². The smallest absolute Gasteiger partial charge is 0.00460 e. The fourth-order valence-corrected chi connectivity index (χ4v) is 1.58. The van der Waals surface area contributed by atoms with Gasteiger partial charge in [-0.3, -0.25) is 0 Å². The van der Waals surface area contributed by atoms with Gasteiger partial charge in [-0.15, -0.1) is 11.3 Å². The van der Waals surface area contributed by atoms with Crippen LogP contribution in [0.25, 0.3) is 0 Å². The van der Waals surface area contributed by atoms with Crippen molar-refractivity contribution < 1.29 is 0 Å². The highest BCUT2D eigenvalue weighted by atomic mass is 32.1. The van der Waals surface area contributed by atoms with Gasteiger partial charge in [-0.25, -0.2) is 0 Å². The summed E-state index contributed by atoms with van der Waals surface area (Å²) >= 11 is 1.83. The fraction of sp³-hybridized carbons (Fsp3) is 0.556. The van der Waals surface area contributed by atoms with Crippen LogP contribution in [0.2, 0.25) is 0 Å². The molecule has 0 bridgehead atoms. The molecule has 0 amide bonds. The maximum Gasteiger partial charge on any atom is 0.00460 e. The van der Waals surface area contributed by atoms with Crippen LogP contribution in [-0.2, 0) is 6.42 Å². The molecule has 0 aliphatic carbocycles. The standard InChI is InChI=1S/C7H10S.C2H6/c1-3-7-4-5-8-6(7)2;1-2/h4-5H,3H2,1-2H3;1-2H3. The Morgan fingerprint density at radius 1 is 1.40 bits per heavy atom. The molecule has 0 nitrogen and oxygen atoms in total. The van der Waals surface area contributed by atoms with Crippen molar-refractivity contribution in [3.05, 3.63) is 21.9 Å². The van der Waals surface area contributed by atoms with E-state index in [1.54, 1.807) is 0 Å². The quantitative estimate of drug-likeness (QED) is 0.582. The van der Waals surface area contributed by atoms with Gasteiger partial charge in [0, 0.05) is 4.88 Å². The second kappa shape index (κ2) is 5.48. The van der Waals surface area contributed by atoms with Gasteiger partial charge in [-0.1, -0.05) is 20.8 Å². The highest BCUT2D eigenvalue weighted by molar-refractivity contribution is 7.10. The van der Waals surface area contributed by atoms with Crippen molar-refractivity contribution in [3.8, 4) is 0 Å². The van der Waals surface area contributed by atoms with Crippen molar-refractivity contribution in [1.82, 2.24) is 0 Å². The summed E-state index contributed by atoms with van der Waals surface area (Å²) in [6, 6.07) is 2.19. The molecule has 0 atom stereocenters. The average Bonchev–Trinajstić information content (AvgIpc) is 2.39. The minimum atomic E-state index is 1.18. The Kier molecular flexibility index (Phi) is 5.32. The molecule has 0 aromatic carbocycles. The first kappa shape index (κ1) is 9.70. The Morgan fingerprint density at radius 3 is 2.20 bits per heavy atom. The molecular weight excluding hydrogens is 140 g/mol. The number of thiophene rings is 1. The molecule has 0 radical (unpaired) electrons. The molecule has 1 heteroatoms. The summed E-state index contributed by atoms with van der Waals surface area (Å²) in [6.45, 7) is 8.36. The second-order valence-corrected chi connectivity index (χ2v) is 2.98. The Bertz CT molecular complexity index is 165. The third-order valence-corrected chi connectivity index (χ3v) is 2.24. The van der Waals surface area contributed by atoms with Crippen LogP contribution >= 0.6 is 11.3 Å². The lowest BCUT2D eigenvalue weighted by molar-refractivity contribution is 1.13. The SMILES string of the molecule is CC.CCc1ccsc1C. The average molecular weight is 156 g/mol. The molecule has 0 spiro atoms. The largest absolute Gasteiger partial charge is 0.149 e. The molecule has 1 rings (SSSR count). The molecule has 0 fully saturated rings. The van der Waals surface area contributed by atoms with Crippen molar-refractivity contribution in [3.63, 3.8) is 0 Å². The van der Waals surface area contributed by atoms with Crippen molar-refractivity contribution in [2.75, 3.05) is 0 Å². The van der Waals surface area contributed by atoms with E-state index in [4.69, 9.17) is 0 Å². The first-order valence-corrected chi connectivity index (χ1v) is 4.75. The molecule has 0 aliphatic rings. The minimum Gasteiger partial charge on any atom is -0.149 e. The molecule has 0 aliphatic heterocycles. The van der Waals surface area contributed by atoms with Crippen LogP contribution in [0.4, 0.5) is 0 Å². The number of rotatable bonds is 1. The Labute approximate surface area is 67.9 Å². The van der Waals surface area contributed by atoms with Gasteiger partial charge in [0.2, 0.25) is 0 Å². The minimum absolute atomic E-state index is 1.18. The summed E-state index contributed by atoms with van der Waals surface area (Å²) in [5.74, 6) is 0. The van der Waals surface area contributed by atoms with E-state index in [0.717, 1.165) is 0 Å². The normalized spacial score (nSPS) is 8.40. The third-order valence-electron chi connectivity index (χ3n) is 1.35. The van der Waals surface area contributed by atoms with E-state index in [9.17, 15) is 0 Å². The van der Waals surface area contributed by atoms with Crippen LogP contribution in [0.1, 0.15) is 31.2 Å². The molecule has 1 heterocycles. The van der Waals surface area contributed by atoms with Crippen LogP contribution in [0, 0.1) is 6.92 Å². The van der Waals surface area contributed by atoms with Crippen LogP contribution < -0.4 is 0 Å². The summed E-state index contributed by atoms with van der Waals surface area (Å²) in [5, 5.41) is 2.15. The zero-order valence-electron chi connectivity index (χ0n) is 7.27. The first-order valence-electron chi connectivity index (χ1n) is 3.87. The van der Waals surface area contributed by atoms with Crippen molar-refractivity contribution in [2.24, 2.45) is 0 Å². The van der Waals surface area contributed by atoms with E-state index in [2.05, 4.69) is 25.3 Å².